The van der Waals surface area contributed by atoms with Crippen LogP contribution in [0.5, 0.6) is 0 Å². The molecule has 19 heavy (non-hydrogen) atoms. The van der Waals surface area contributed by atoms with Crippen molar-refractivity contribution in [3.8, 4) is 11.3 Å². The largest absolute Gasteiger partial charge is 0.329 e. The zero-order valence-electron chi connectivity index (χ0n) is 10.4. The molecule has 0 fully saturated rings. The topological polar surface area (TPSA) is 50.2 Å². The summed E-state index contributed by atoms with van der Waals surface area (Å²) in [6.07, 6.45) is 2.46. The Kier molecular flexibility index (Phi) is 2.87. The lowest BCUT2D eigenvalue weighted by Crippen LogP contribution is -2.15. The number of H-pyrrole nitrogens is 1. The van der Waals surface area contributed by atoms with Crippen LogP contribution in [0.2, 0.25) is 5.02 Å². The second-order valence-corrected chi connectivity index (χ2v) is 4.73. The molecular weight excluding hydrogens is 262 g/mol. The van der Waals surface area contributed by atoms with E-state index in [9.17, 15) is 4.79 Å². The Balaban J connectivity index is 2.26. The molecule has 0 amide bonds. The summed E-state index contributed by atoms with van der Waals surface area (Å²) in [7, 11) is 0. The number of benzene rings is 1. The number of halogens is 1. The first-order valence-corrected chi connectivity index (χ1v) is 6.42. The maximum Gasteiger partial charge on any atom is 0.259 e. The summed E-state index contributed by atoms with van der Waals surface area (Å²) in [4.78, 5) is 19.6. The van der Waals surface area contributed by atoms with Crippen LogP contribution in [0, 0.1) is 0 Å². The van der Waals surface area contributed by atoms with E-state index in [1.165, 1.54) is 0 Å². The summed E-state index contributed by atoms with van der Waals surface area (Å²) in [5.41, 5.74) is 2.47. The molecule has 96 valence electrons. The molecule has 0 radical (unpaired) electrons. The van der Waals surface area contributed by atoms with Gasteiger partial charge in [0, 0.05) is 22.3 Å². The van der Waals surface area contributed by atoms with Gasteiger partial charge in [-0.05, 0) is 18.6 Å². The van der Waals surface area contributed by atoms with Gasteiger partial charge in [-0.2, -0.15) is 0 Å². The average molecular weight is 274 g/mol. The van der Waals surface area contributed by atoms with E-state index < -0.39 is 0 Å². The number of rotatable bonds is 2. The molecular formula is C14H12ClN3O. The van der Waals surface area contributed by atoms with Crippen molar-refractivity contribution in [1.82, 2.24) is 14.4 Å². The summed E-state index contributed by atoms with van der Waals surface area (Å²) in [5, 5.41) is 0.666. The van der Waals surface area contributed by atoms with Crippen LogP contribution in [0.3, 0.4) is 0 Å². The molecule has 0 bridgehead atoms. The van der Waals surface area contributed by atoms with E-state index in [0.29, 0.717) is 10.8 Å². The van der Waals surface area contributed by atoms with Crippen molar-refractivity contribution in [3.05, 3.63) is 57.6 Å². The number of nitrogens with zero attached hydrogens (tertiary/aromatic N) is 2. The third kappa shape index (κ3) is 2.04. The van der Waals surface area contributed by atoms with Crippen LogP contribution in [-0.2, 0) is 6.42 Å². The summed E-state index contributed by atoms with van der Waals surface area (Å²) < 4.78 is 1.57. The number of fused-ring (bicyclic) bond motifs is 1. The van der Waals surface area contributed by atoms with Gasteiger partial charge in [0.1, 0.15) is 0 Å². The van der Waals surface area contributed by atoms with Crippen LogP contribution < -0.4 is 5.56 Å². The Morgan fingerprint density at radius 3 is 2.74 bits per heavy atom. The second kappa shape index (κ2) is 4.55. The van der Waals surface area contributed by atoms with Crippen LogP contribution in [-0.4, -0.2) is 14.4 Å². The van der Waals surface area contributed by atoms with Gasteiger partial charge in [0.25, 0.3) is 5.56 Å². The van der Waals surface area contributed by atoms with Gasteiger partial charge in [0.05, 0.1) is 11.9 Å². The summed E-state index contributed by atoms with van der Waals surface area (Å²) in [6, 6.07) is 8.95. The van der Waals surface area contributed by atoms with Crippen molar-refractivity contribution >= 4 is 17.4 Å². The number of nitrogens with one attached hydrogen (secondary N) is 1. The summed E-state index contributed by atoms with van der Waals surface area (Å²) >= 11 is 5.87. The van der Waals surface area contributed by atoms with Crippen molar-refractivity contribution in [1.29, 1.82) is 0 Å². The quantitative estimate of drug-likeness (QED) is 0.780. The number of aromatic nitrogens is 3. The molecule has 0 aliphatic rings. The van der Waals surface area contributed by atoms with Crippen molar-refractivity contribution in [2.24, 2.45) is 0 Å². The van der Waals surface area contributed by atoms with Crippen molar-refractivity contribution in [2.45, 2.75) is 13.3 Å². The van der Waals surface area contributed by atoms with Crippen molar-refractivity contribution in [3.63, 3.8) is 0 Å². The first-order chi connectivity index (χ1) is 9.19. The van der Waals surface area contributed by atoms with E-state index in [0.717, 1.165) is 23.4 Å². The van der Waals surface area contributed by atoms with Gasteiger partial charge < -0.3 is 4.98 Å². The van der Waals surface area contributed by atoms with E-state index in [-0.39, 0.29) is 5.56 Å². The van der Waals surface area contributed by atoms with Gasteiger partial charge in [-0.3, -0.25) is 4.79 Å². The minimum atomic E-state index is -0.0759. The van der Waals surface area contributed by atoms with E-state index in [2.05, 4.69) is 9.97 Å². The third-order valence-electron chi connectivity index (χ3n) is 3.07. The van der Waals surface area contributed by atoms with E-state index in [1.54, 1.807) is 28.8 Å². The molecule has 0 aliphatic heterocycles. The van der Waals surface area contributed by atoms with Crippen LogP contribution >= 0.6 is 11.6 Å². The van der Waals surface area contributed by atoms with Gasteiger partial charge in [-0.15, -0.1) is 0 Å². The third-order valence-corrected chi connectivity index (χ3v) is 3.33. The molecule has 1 N–H and O–H groups in total. The monoisotopic (exact) mass is 273 g/mol. The molecule has 0 saturated carbocycles. The molecule has 0 spiro atoms. The van der Waals surface area contributed by atoms with Crippen LogP contribution in [0.1, 0.15) is 12.6 Å². The first kappa shape index (κ1) is 12.0. The molecule has 3 rings (SSSR count). The highest BCUT2D eigenvalue weighted by atomic mass is 35.5. The molecule has 0 aliphatic carbocycles. The molecule has 0 unspecified atom stereocenters. The standard InChI is InChI=1S/C14H12ClN3O/c1-2-11-7-13(19)18-12(8-16-14(18)17-11)9-3-5-10(15)6-4-9/h3-8H,2H2,1H3,(H,16,17). The van der Waals surface area contributed by atoms with Crippen LogP contribution in [0.4, 0.5) is 0 Å². The maximum atomic E-state index is 12.2. The molecule has 5 heteroatoms. The van der Waals surface area contributed by atoms with Gasteiger partial charge in [0.15, 0.2) is 0 Å². The molecule has 2 heterocycles. The fourth-order valence-electron chi connectivity index (χ4n) is 2.07. The number of aromatic amines is 1. The smallest absolute Gasteiger partial charge is 0.259 e. The Morgan fingerprint density at radius 2 is 2.05 bits per heavy atom. The lowest BCUT2D eigenvalue weighted by atomic mass is 10.2. The van der Waals surface area contributed by atoms with Crippen LogP contribution in [0.25, 0.3) is 17.0 Å². The maximum absolute atomic E-state index is 12.2. The summed E-state index contributed by atoms with van der Waals surface area (Å²) in [6.45, 7) is 1.99. The number of aryl methyl sites for hydroxylation is 1. The fourth-order valence-corrected chi connectivity index (χ4v) is 2.20. The Labute approximate surface area is 114 Å². The summed E-state index contributed by atoms with van der Waals surface area (Å²) in [5.74, 6) is 0.564. The molecule has 0 atom stereocenters. The Morgan fingerprint density at radius 1 is 1.32 bits per heavy atom. The molecule has 1 aromatic carbocycles. The molecule has 4 nitrogen and oxygen atoms in total. The average Bonchev–Trinajstić information content (AvgIpc) is 2.84. The van der Waals surface area contributed by atoms with Crippen LogP contribution in [0.15, 0.2) is 41.3 Å². The minimum absolute atomic E-state index is 0.0759. The normalized spacial score (nSPS) is 11.1. The van der Waals surface area contributed by atoms with Gasteiger partial charge >= 0.3 is 0 Å². The minimum Gasteiger partial charge on any atom is -0.329 e. The zero-order valence-corrected chi connectivity index (χ0v) is 11.1. The first-order valence-electron chi connectivity index (χ1n) is 6.04. The highest BCUT2D eigenvalue weighted by molar-refractivity contribution is 6.30. The predicted molar refractivity (Wildman–Crippen MR) is 75.6 cm³/mol. The predicted octanol–water partition coefficient (Wildman–Crippen LogP) is 2.91. The fraction of sp³-hybridized carbons (Fsp3) is 0.143. The lowest BCUT2D eigenvalue weighted by molar-refractivity contribution is 0.969. The van der Waals surface area contributed by atoms with Gasteiger partial charge in [-0.25, -0.2) is 9.38 Å². The van der Waals surface area contributed by atoms with E-state index >= 15 is 0 Å². The van der Waals surface area contributed by atoms with Crippen molar-refractivity contribution in [2.75, 3.05) is 0 Å². The Hall–Kier alpha value is -2.07. The highest BCUT2D eigenvalue weighted by Gasteiger charge is 2.09. The van der Waals surface area contributed by atoms with Gasteiger partial charge in [-0.1, -0.05) is 30.7 Å². The Bertz CT molecular complexity index is 787. The molecule has 3 aromatic rings. The zero-order chi connectivity index (χ0) is 13.4. The SMILES string of the molecule is CCc1cc(=O)n2c(-c3ccc(Cl)cc3)cnc2[nH]1. The van der Waals surface area contributed by atoms with E-state index in [1.807, 2.05) is 19.1 Å². The van der Waals surface area contributed by atoms with Crippen molar-refractivity contribution < 1.29 is 0 Å². The number of imidazole rings is 1. The molecule has 2 aromatic heterocycles. The lowest BCUT2D eigenvalue weighted by Gasteiger charge is -2.03. The number of hydrogen-bond acceptors (Lipinski definition) is 2. The van der Waals surface area contributed by atoms with E-state index in [4.69, 9.17) is 11.6 Å². The van der Waals surface area contributed by atoms with Gasteiger partial charge in [0.2, 0.25) is 5.78 Å². The second-order valence-electron chi connectivity index (χ2n) is 4.30. The number of hydrogen-bond donors (Lipinski definition) is 1. The molecule has 0 saturated heterocycles. The highest BCUT2D eigenvalue weighted by Crippen LogP contribution is 2.21.